The van der Waals surface area contributed by atoms with Gasteiger partial charge in [-0.3, -0.25) is 9.59 Å². The molecule has 0 heterocycles. The van der Waals surface area contributed by atoms with Gasteiger partial charge < -0.3 is 9.64 Å². The number of nitrogens with zero attached hydrogens (tertiary/aromatic N) is 1. The van der Waals surface area contributed by atoms with Gasteiger partial charge in [-0.05, 0) is 27.2 Å². The molecule has 0 aliphatic heterocycles. The van der Waals surface area contributed by atoms with Crippen LogP contribution in [0, 0.1) is 5.92 Å². The molecule has 0 aliphatic rings. The normalized spacial score (nSPS) is 12.4. The maximum atomic E-state index is 12.0. The average molecular weight is 229 g/mol. The zero-order chi connectivity index (χ0) is 12.7. The van der Waals surface area contributed by atoms with E-state index in [-0.39, 0.29) is 30.4 Å². The van der Waals surface area contributed by atoms with E-state index >= 15 is 0 Å². The molecule has 0 aromatic carbocycles. The third-order valence-electron chi connectivity index (χ3n) is 2.55. The summed E-state index contributed by atoms with van der Waals surface area (Å²) in [6.07, 6.45) is 0.783. The largest absolute Gasteiger partial charge is 0.465 e. The van der Waals surface area contributed by atoms with Crippen molar-refractivity contribution in [2.45, 2.75) is 47.1 Å². The fourth-order valence-corrected chi connectivity index (χ4v) is 1.32. The third-order valence-corrected chi connectivity index (χ3v) is 2.55. The lowest BCUT2D eigenvalue weighted by Crippen LogP contribution is -2.43. The van der Waals surface area contributed by atoms with Gasteiger partial charge in [-0.1, -0.05) is 13.8 Å². The fraction of sp³-hybridized carbons (Fsp3) is 0.833. The molecular weight excluding hydrogens is 206 g/mol. The zero-order valence-corrected chi connectivity index (χ0v) is 10.9. The van der Waals surface area contributed by atoms with Gasteiger partial charge >= 0.3 is 5.97 Å². The van der Waals surface area contributed by atoms with Crippen LogP contribution in [0.1, 0.15) is 41.0 Å². The monoisotopic (exact) mass is 229 g/mol. The van der Waals surface area contributed by atoms with Crippen molar-refractivity contribution in [1.82, 2.24) is 4.90 Å². The van der Waals surface area contributed by atoms with E-state index in [2.05, 4.69) is 0 Å². The molecule has 0 fully saturated rings. The summed E-state index contributed by atoms with van der Waals surface area (Å²) in [5.41, 5.74) is 0. The summed E-state index contributed by atoms with van der Waals surface area (Å²) in [5.74, 6) is -0.366. The van der Waals surface area contributed by atoms with Crippen molar-refractivity contribution in [3.8, 4) is 0 Å². The molecule has 0 N–H and O–H groups in total. The molecule has 0 aliphatic carbocycles. The molecule has 0 rings (SSSR count). The minimum Gasteiger partial charge on any atom is -0.465 e. The van der Waals surface area contributed by atoms with Gasteiger partial charge in [0.15, 0.2) is 0 Å². The smallest absolute Gasteiger partial charge is 0.325 e. The minimum absolute atomic E-state index is 0.0190. The molecule has 0 saturated heterocycles. The van der Waals surface area contributed by atoms with Crippen molar-refractivity contribution in [2.24, 2.45) is 5.92 Å². The summed E-state index contributed by atoms with van der Waals surface area (Å²) < 4.78 is 4.85. The van der Waals surface area contributed by atoms with Crippen molar-refractivity contribution in [3.05, 3.63) is 0 Å². The number of rotatable bonds is 6. The van der Waals surface area contributed by atoms with Crippen molar-refractivity contribution in [2.75, 3.05) is 13.2 Å². The van der Waals surface area contributed by atoms with Gasteiger partial charge in [-0.25, -0.2) is 0 Å². The molecule has 0 aromatic heterocycles. The highest BCUT2D eigenvalue weighted by molar-refractivity contribution is 5.83. The van der Waals surface area contributed by atoms with Gasteiger partial charge in [0.2, 0.25) is 5.91 Å². The number of carbonyl (C=O) groups is 2. The number of amides is 1. The number of hydrogen-bond acceptors (Lipinski definition) is 3. The second kappa shape index (κ2) is 7.25. The van der Waals surface area contributed by atoms with Crippen LogP contribution in [0.15, 0.2) is 0 Å². The molecule has 1 atom stereocenters. The Hall–Kier alpha value is -1.06. The highest BCUT2D eigenvalue weighted by Gasteiger charge is 2.24. The van der Waals surface area contributed by atoms with Gasteiger partial charge in [0, 0.05) is 12.0 Å². The van der Waals surface area contributed by atoms with E-state index in [9.17, 15) is 9.59 Å². The van der Waals surface area contributed by atoms with Crippen LogP contribution in [0.4, 0.5) is 0 Å². The predicted octanol–water partition coefficient (Wildman–Crippen LogP) is 1.83. The van der Waals surface area contributed by atoms with E-state index in [1.165, 1.54) is 0 Å². The summed E-state index contributed by atoms with van der Waals surface area (Å²) in [6.45, 7) is 9.80. The van der Waals surface area contributed by atoms with Crippen molar-refractivity contribution < 1.29 is 14.3 Å². The maximum absolute atomic E-state index is 12.0. The Kier molecular flexibility index (Phi) is 6.77. The highest BCUT2D eigenvalue weighted by Crippen LogP contribution is 2.10. The third kappa shape index (κ3) is 4.64. The summed E-state index contributed by atoms with van der Waals surface area (Å²) in [7, 11) is 0. The lowest BCUT2D eigenvalue weighted by atomic mass is 10.1. The molecule has 0 bridgehead atoms. The number of ether oxygens (including phenoxy) is 1. The second-order valence-corrected chi connectivity index (χ2v) is 4.17. The lowest BCUT2D eigenvalue weighted by molar-refractivity contribution is -0.151. The molecule has 1 amide bonds. The Bertz CT molecular complexity index is 238. The molecule has 0 saturated carbocycles. The predicted molar refractivity (Wildman–Crippen MR) is 62.9 cm³/mol. The van der Waals surface area contributed by atoms with Crippen molar-refractivity contribution in [1.29, 1.82) is 0 Å². The summed E-state index contributed by atoms with van der Waals surface area (Å²) in [5, 5.41) is 0. The van der Waals surface area contributed by atoms with Crippen LogP contribution in [0.2, 0.25) is 0 Å². The van der Waals surface area contributed by atoms with Crippen LogP contribution in [0.5, 0.6) is 0 Å². The molecule has 4 nitrogen and oxygen atoms in total. The van der Waals surface area contributed by atoms with E-state index in [0.29, 0.717) is 6.61 Å². The van der Waals surface area contributed by atoms with E-state index in [0.717, 1.165) is 6.42 Å². The van der Waals surface area contributed by atoms with Crippen LogP contribution in [-0.2, 0) is 14.3 Å². The van der Waals surface area contributed by atoms with Gasteiger partial charge in [0.1, 0.15) is 6.54 Å². The Balaban J connectivity index is 4.50. The van der Waals surface area contributed by atoms with Crippen LogP contribution in [0.3, 0.4) is 0 Å². The first-order valence-electron chi connectivity index (χ1n) is 5.90. The van der Waals surface area contributed by atoms with Gasteiger partial charge in [-0.15, -0.1) is 0 Å². The summed E-state index contributed by atoms with van der Waals surface area (Å²) >= 11 is 0. The van der Waals surface area contributed by atoms with E-state index in [4.69, 9.17) is 4.74 Å². The first kappa shape index (κ1) is 14.9. The molecule has 0 aromatic rings. The quantitative estimate of drug-likeness (QED) is 0.653. The Labute approximate surface area is 98.0 Å². The Morgan fingerprint density at radius 1 is 1.19 bits per heavy atom. The van der Waals surface area contributed by atoms with Crippen LogP contribution in [0.25, 0.3) is 0 Å². The molecular formula is C12H23NO3. The van der Waals surface area contributed by atoms with E-state index in [1.54, 1.807) is 11.8 Å². The zero-order valence-electron chi connectivity index (χ0n) is 10.9. The number of hydrogen-bond donors (Lipinski definition) is 0. The number of esters is 1. The summed E-state index contributed by atoms with van der Waals surface area (Å²) in [4.78, 5) is 24.9. The standard InChI is InChI=1S/C12H23NO3/c1-6-10(5)12(15)13(9(3)4)8-11(14)16-7-2/h9-10H,6-8H2,1-5H3. The number of carbonyl (C=O) groups excluding carboxylic acids is 2. The first-order chi connectivity index (χ1) is 7.43. The first-order valence-corrected chi connectivity index (χ1v) is 5.90. The Morgan fingerprint density at radius 2 is 1.75 bits per heavy atom. The van der Waals surface area contributed by atoms with Gasteiger partial charge in [0.05, 0.1) is 6.61 Å². The highest BCUT2D eigenvalue weighted by atomic mass is 16.5. The molecule has 16 heavy (non-hydrogen) atoms. The maximum Gasteiger partial charge on any atom is 0.325 e. The molecule has 0 spiro atoms. The lowest BCUT2D eigenvalue weighted by Gasteiger charge is -2.28. The van der Waals surface area contributed by atoms with E-state index in [1.807, 2.05) is 27.7 Å². The van der Waals surface area contributed by atoms with Crippen molar-refractivity contribution in [3.63, 3.8) is 0 Å². The fourth-order valence-electron chi connectivity index (χ4n) is 1.32. The average Bonchev–Trinajstić information content (AvgIpc) is 2.23. The van der Waals surface area contributed by atoms with Gasteiger partial charge in [-0.2, -0.15) is 0 Å². The topological polar surface area (TPSA) is 46.6 Å². The van der Waals surface area contributed by atoms with Gasteiger partial charge in [0.25, 0.3) is 0 Å². The van der Waals surface area contributed by atoms with Crippen LogP contribution >= 0.6 is 0 Å². The molecule has 1 unspecified atom stereocenters. The van der Waals surface area contributed by atoms with E-state index < -0.39 is 0 Å². The summed E-state index contributed by atoms with van der Waals surface area (Å²) in [6, 6.07) is 0.0194. The molecule has 0 radical (unpaired) electrons. The Morgan fingerprint density at radius 3 is 2.12 bits per heavy atom. The second-order valence-electron chi connectivity index (χ2n) is 4.17. The SMILES string of the molecule is CCOC(=O)CN(C(=O)C(C)CC)C(C)C. The van der Waals surface area contributed by atoms with Crippen LogP contribution in [-0.4, -0.2) is 36.0 Å². The molecule has 4 heteroatoms. The minimum atomic E-state index is -0.340. The van der Waals surface area contributed by atoms with Crippen LogP contribution < -0.4 is 0 Å². The molecule has 94 valence electrons. The van der Waals surface area contributed by atoms with Crippen molar-refractivity contribution >= 4 is 11.9 Å².